The normalized spacial score (nSPS) is 19.8. The van der Waals surface area contributed by atoms with Gasteiger partial charge in [0.05, 0.1) is 0 Å². The van der Waals surface area contributed by atoms with Crippen molar-refractivity contribution in [3.63, 3.8) is 0 Å². The Balaban J connectivity index is 2.06. The Kier molecular flexibility index (Phi) is 3.37. The minimum Gasteiger partial charge on any atom is -0.356 e. The molecular weight excluding hydrogens is 200 g/mol. The molecule has 1 fully saturated rings. The summed E-state index contributed by atoms with van der Waals surface area (Å²) in [6.07, 6.45) is 1.19. The van der Waals surface area contributed by atoms with Gasteiger partial charge in [0.1, 0.15) is 17.6 Å². The first-order valence-corrected chi connectivity index (χ1v) is 5.60. The van der Waals surface area contributed by atoms with Gasteiger partial charge in [-0.05, 0) is 38.1 Å². The molecule has 1 atom stereocenters. The monoisotopic (exact) mass is 216 g/mol. The van der Waals surface area contributed by atoms with Crippen molar-refractivity contribution >= 4 is 5.82 Å². The van der Waals surface area contributed by atoms with Crippen LogP contribution in [0.3, 0.4) is 0 Å². The number of aromatic nitrogens is 1. The lowest BCUT2D eigenvalue weighted by Gasteiger charge is -2.17. The van der Waals surface area contributed by atoms with Gasteiger partial charge >= 0.3 is 0 Å². The van der Waals surface area contributed by atoms with Gasteiger partial charge in [-0.1, -0.05) is 6.07 Å². The summed E-state index contributed by atoms with van der Waals surface area (Å²) in [7, 11) is 1.98. The zero-order chi connectivity index (χ0) is 11.4. The minimum absolute atomic E-state index is 0.495. The number of hydrogen-bond donors (Lipinski definition) is 1. The van der Waals surface area contributed by atoms with Crippen LogP contribution in [0.15, 0.2) is 18.2 Å². The molecule has 84 valence electrons. The van der Waals surface area contributed by atoms with Crippen molar-refractivity contribution in [2.75, 3.05) is 31.6 Å². The average molecular weight is 216 g/mol. The highest BCUT2D eigenvalue weighted by molar-refractivity contribution is 5.42. The molecule has 1 saturated heterocycles. The van der Waals surface area contributed by atoms with Crippen LogP contribution in [0.1, 0.15) is 12.1 Å². The van der Waals surface area contributed by atoms with E-state index in [1.54, 1.807) is 6.07 Å². The molecule has 1 aliphatic rings. The third-order valence-electron chi connectivity index (χ3n) is 2.95. The maximum Gasteiger partial charge on any atom is 0.142 e. The van der Waals surface area contributed by atoms with E-state index >= 15 is 0 Å². The third kappa shape index (κ3) is 2.31. The Morgan fingerprint density at radius 2 is 2.50 bits per heavy atom. The average Bonchev–Trinajstić information content (AvgIpc) is 2.78. The first kappa shape index (κ1) is 10.9. The number of hydrogen-bond acceptors (Lipinski definition) is 4. The Labute approximate surface area is 95.9 Å². The molecule has 2 heterocycles. The van der Waals surface area contributed by atoms with Crippen molar-refractivity contribution in [3.05, 3.63) is 23.9 Å². The van der Waals surface area contributed by atoms with Crippen LogP contribution < -0.4 is 10.2 Å². The summed E-state index contributed by atoms with van der Waals surface area (Å²) in [5.74, 6) is 1.62. The van der Waals surface area contributed by atoms with Gasteiger partial charge in [0.15, 0.2) is 0 Å². The van der Waals surface area contributed by atoms with Crippen molar-refractivity contribution in [1.82, 2.24) is 10.3 Å². The van der Waals surface area contributed by atoms with E-state index in [1.807, 2.05) is 19.2 Å². The van der Waals surface area contributed by atoms with E-state index in [-0.39, 0.29) is 0 Å². The van der Waals surface area contributed by atoms with Crippen LogP contribution in [0.25, 0.3) is 0 Å². The number of pyridine rings is 1. The van der Waals surface area contributed by atoms with E-state index in [0.717, 1.165) is 25.5 Å². The molecule has 1 N–H and O–H groups in total. The summed E-state index contributed by atoms with van der Waals surface area (Å²) >= 11 is 0. The van der Waals surface area contributed by atoms with Gasteiger partial charge < -0.3 is 10.2 Å². The Bertz CT molecular complexity index is 396. The zero-order valence-corrected chi connectivity index (χ0v) is 9.48. The van der Waals surface area contributed by atoms with Gasteiger partial charge in [0.25, 0.3) is 0 Å². The molecule has 4 nitrogen and oxygen atoms in total. The maximum atomic E-state index is 8.80. The molecular formula is C12H16N4. The summed E-state index contributed by atoms with van der Waals surface area (Å²) in [4.78, 5) is 6.57. The first-order valence-electron chi connectivity index (χ1n) is 5.60. The predicted octanol–water partition coefficient (Wildman–Crippen LogP) is 0.999. The molecule has 1 unspecified atom stereocenters. The van der Waals surface area contributed by atoms with E-state index < -0.39 is 0 Å². The lowest BCUT2D eigenvalue weighted by molar-refractivity contribution is 0.549. The molecule has 0 aromatic carbocycles. The van der Waals surface area contributed by atoms with Crippen molar-refractivity contribution in [2.24, 2.45) is 5.92 Å². The molecule has 1 aromatic rings. The van der Waals surface area contributed by atoms with E-state index in [9.17, 15) is 0 Å². The largest absolute Gasteiger partial charge is 0.356 e. The van der Waals surface area contributed by atoms with E-state index in [2.05, 4.69) is 21.3 Å². The smallest absolute Gasteiger partial charge is 0.142 e. The maximum absolute atomic E-state index is 8.80. The highest BCUT2D eigenvalue weighted by Gasteiger charge is 2.22. The van der Waals surface area contributed by atoms with Crippen LogP contribution in [0.4, 0.5) is 5.82 Å². The number of nitrogens with zero attached hydrogens (tertiary/aromatic N) is 3. The van der Waals surface area contributed by atoms with Crippen LogP contribution in [0.2, 0.25) is 0 Å². The predicted molar refractivity (Wildman–Crippen MR) is 63.2 cm³/mol. The minimum atomic E-state index is 0.495. The zero-order valence-electron chi connectivity index (χ0n) is 9.48. The lowest BCUT2D eigenvalue weighted by Crippen LogP contribution is -2.24. The van der Waals surface area contributed by atoms with Gasteiger partial charge in [0.2, 0.25) is 0 Å². The fraction of sp³-hybridized carbons (Fsp3) is 0.500. The molecule has 0 spiro atoms. The van der Waals surface area contributed by atoms with E-state index in [4.69, 9.17) is 5.26 Å². The number of anilines is 1. The Morgan fingerprint density at radius 1 is 1.62 bits per heavy atom. The van der Waals surface area contributed by atoms with E-state index in [0.29, 0.717) is 11.6 Å². The molecule has 2 rings (SSSR count). The number of nitrogens with one attached hydrogen (secondary N) is 1. The van der Waals surface area contributed by atoms with Gasteiger partial charge in [0, 0.05) is 13.1 Å². The van der Waals surface area contributed by atoms with E-state index in [1.165, 1.54) is 6.42 Å². The van der Waals surface area contributed by atoms with Crippen LogP contribution >= 0.6 is 0 Å². The molecule has 0 amide bonds. The quantitative estimate of drug-likeness (QED) is 0.819. The Hall–Kier alpha value is -1.60. The molecule has 4 heteroatoms. The second-order valence-electron chi connectivity index (χ2n) is 4.15. The van der Waals surface area contributed by atoms with Crippen LogP contribution in [-0.2, 0) is 0 Å². The molecule has 0 aliphatic carbocycles. The van der Waals surface area contributed by atoms with Crippen molar-refractivity contribution in [2.45, 2.75) is 6.42 Å². The second kappa shape index (κ2) is 4.95. The topological polar surface area (TPSA) is 52.0 Å². The van der Waals surface area contributed by atoms with Crippen molar-refractivity contribution in [3.8, 4) is 6.07 Å². The highest BCUT2D eigenvalue weighted by atomic mass is 15.2. The highest BCUT2D eigenvalue weighted by Crippen LogP contribution is 2.21. The standard InChI is InChI=1S/C12H16N4/c1-14-8-10-5-6-16(9-10)12-4-2-3-11(7-13)15-12/h2-4,10,14H,5-6,8-9H2,1H3. The fourth-order valence-electron chi connectivity index (χ4n) is 2.16. The Morgan fingerprint density at radius 3 is 3.25 bits per heavy atom. The van der Waals surface area contributed by atoms with Crippen molar-refractivity contribution in [1.29, 1.82) is 5.26 Å². The fourth-order valence-corrected chi connectivity index (χ4v) is 2.16. The summed E-state index contributed by atoms with van der Waals surface area (Å²) < 4.78 is 0. The van der Waals surface area contributed by atoms with Gasteiger partial charge in [-0.15, -0.1) is 0 Å². The number of nitriles is 1. The molecule has 0 bridgehead atoms. The van der Waals surface area contributed by atoms with Gasteiger partial charge in [-0.3, -0.25) is 0 Å². The van der Waals surface area contributed by atoms with Gasteiger partial charge in [-0.25, -0.2) is 4.98 Å². The number of rotatable bonds is 3. The summed E-state index contributed by atoms with van der Waals surface area (Å²) in [5.41, 5.74) is 0.495. The summed E-state index contributed by atoms with van der Waals surface area (Å²) in [5, 5.41) is 12.0. The van der Waals surface area contributed by atoms with Crippen LogP contribution in [0, 0.1) is 17.2 Å². The molecule has 1 aliphatic heterocycles. The van der Waals surface area contributed by atoms with Crippen LogP contribution in [-0.4, -0.2) is 31.7 Å². The third-order valence-corrected chi connectivity index (χ3v) is 2.95. The summed E-state index contributed by atoms with van der Waals surface area (Å²) in [6, 6.07) is 7.69. The first-order chi connectivity index (χ1) is 7.83. The lowest BCUT2D eigenvalue weighted by atomic mass is 10.1. The van der Waals surface area contributed by atoms with Gasteiger partial charge in [-0.2, -0.15) is 5.26 Å². The molecule has 0 saturated carbocycles. The SMILES string of the molecule is CNCC1CCN(c2cccc(C#N)n2)C1. The second-order valence-corrected chi connectivity index (χ2v) is 4.15. The van der Waals surface area contributed by atoms with Crippen LogP contribution in [0.5, 0.6) is 0 Å². The summed E-state index contributed by atoms with van der Waals surface area (Å²) in [6.45, 7) is 3.12. The molecule has 16 heavy (non-hydrogen) atoms. The molecule has 0 radical (unpaired) electrons. The molecule has 1 aromatic heterocycles. The van der Waals surface area contributed by atoms with Crippen molar-refractivity contribution < 1.29 is 0 Å².